The van der Waals surface area contributed by atoms with Crippen molar-refractivity contribution in [2.45, 2.75) is 13.3 Å². The molecule has 2 rings (SSSR count). The van der Waals surface area contributed by atoms with Crippen molar-refractivity contribution in [3.05, 3.63) is 11.3 Å². The standard InChI is InChI=1S/C9H9NS/c1-6-8-4-7(8)2-3-9(6)10-5-11/h5,7-8H,4H2,1H3,(H,10,11). The fraction of sp³-hybridized carbons (Fsp3) is 0.444. The molecule has 1 N–H and O–H groups in total. The van der Waals surface area contributed by atoms with Gasteiger partial charge in [-0.05, 0) is 30.8 Å². The van der Waals surface area contributed by atoms with Crippen molar-refractivity contribution >= 4 is 17.7 Å². The second-order valence-electron chi connectivity index (χ2n) is 3.04. The van der Waals surface area contributed by atoms with Crippen LogP contribution in [0.2, 0.25) is 0 Å². The van der Waals surface area contributed by atoms with E-state index < -0.39 is 0 Å². The number of rotatable bonds is 2. The summed E-state index contributed by atoms with van der Waals surface area (Å²) >= 11 is 4.70. The Bertz CT molecular complexity index is 292. The van der Waals surface area contributed by atoms with Crippen molar-refractivity contribution < 1.29 is 0 Å². The Morgan fingerprint density at radius 1 is 1.73 bits per heavy atom. The monoisotopic (exact) mass is 163 g/mol. The third-order valence-electron chi connectivity index (χ3n) is 2.33. The molecule has 1 fully saturated rings. The van der Waals surface area contributed by atoms with Gasteiger partial charge in [0, 0.05) is 5.92 Å². The summed E-state index contributed by atoms with van der Waals surface area (Å²) in [6.07, 6.45) is 1.25. The molecule has 0 aromatic carbocycles. The van der Waals surface area contributed by atoms with Gasteiger partial charge in [0.05, 0.1) is 11.2 Å². The van der Waals surface area contributed by atoms with E-state index in [9.17, 15) is 0 Å². The van der Waals surface area contributed by atoms with Crippen LogP contribution in [-0.2, 0) is 0 Å². The van der Waals surface area contributed by atoms with Gasteiger partial charge in [0.1, 0.15) is 0 Å². The van der Waals surface area contributed by atoms with E-state index in [-0.39, 0.29) is 0 Å². The number of allylic oxidation sites excluding steroid dienone is 2. The first kappa shape index (κ1) is 6.87. The number of hydrogen-bond donors (Lipinski definition) is 1. The van der Waals surface area contributed by atoms with Crippen LogP contribution >= 0.6 is 12.2 Å². The van der Waals surface area contributed by atoms with E-state index in [0.29, 0.717) is 5.92 Å². The molecule has 2 aliphatic rings. The molecule has 0 spiro atoms. The molecule has 0 saturated heterocycles. The zero-order valence-corrected chi connectivity index (χ0v) is 7.16. The zero-order valence-electron chi connectivity index (χ0n) is 6.35. The molecule has 0 aromatic heterocycles. The van der Waals surface area contributed by atoms with Gasteiger partial charge in [-0.15, -0.1) is 0 Å². The van der Waals surface area contributed by atoms with Crippen LogP contribution in [0.15, 0.2) is 11.3 Å². The van der Waals surface area contributed by atoms with Crippen LogP contribution in [0.1, 0.15) is 13.3 Å². The minimum Gasteiger partial charge on any atom is -0.346 e. The third-order valence-corrected chi connectivity index (χ3v) is 2.44. The van der Waals surface area contributed by atoms with E-state index >= 15 is 0 Å². The molecular formula is C9H9NS. The van der Waals surface area contributed by atoms with E-state index in [1.165, 1.54) is 17.5 Å². The number of fused-ring (bicyclic) bond motifs is 1. The Morgan fingerprint density at radius 2 is 2.55 bits per heavy atom. The number of nitrogens with one attached hydrogen (secondary N) is 1. The van der Waals surface area contributed by atoms with Gasteiger partial charge in [0.25, 0.3) is 0 Å². The van der Waals surface area contributed by atoms with Crippen LogP contribution in [0.25, 0.3) is 0 Å². The summed E-state index contributed by atoms with van der Waals surface area (Å²) in [5.74, 6) is 7.65. The summed E-state index contributed by atoms with van der Waals surface area (Å²) in [7, 11) is 0. The summed E-state index contributed by atoms with van der Waals surface area (Å²) in [4.78, 5) is 0. The predicted octanol–water partition coefficient (Wildman–Crippen LogP) is 1.46. The smallest absolute Gasteiger partial charge is 0.0891 e. The maximum absolute atomic E-state index is 4.70. The Hall–Kier alpha value is -0.810. The van der Waals surface area contributed by atoms with E-state index in [1.54, 1.807) is 0 Å². The number of hydrogen-bond acceptors (Lipinski definition) is 1. The molecule has 2 aliphatic carbocycles. The topological polar surface area (TPSA) is 12.0 Å². The van der Waals surface area contributed by atoms with Crippen LogP contribution in [-0.4, -0.2) is 5.49 Å². The van der Waals surface area contributed by atoms with Gasteiger partial charge in [0.15, 0.2) is 0 Å². The molecular weight excluding hydrogens is 154 g/mol. The lowest BCUT2D eigenvalue weighted by Crippen LogP contribution is -2.12. The van der Waals surface area contributed by atoms with Crippen molar-refractivity contribution in [1.82, 2.24) is 5.32 Å². The van der Waals surface area contributed by atoms with E-state index in [1.807, 2.05) is 0 Å². The van der Waals surface area contributed by atoms with Crippen LogP contribution < -0.4 is 5.32 Å². The lowest BCUT2D eigenvalue weighted by atomic mass is 10.1. The minimum atomic E-state index is 0.658. The summed E-state index contributed by atoms with van der Waals surface area (Å²) < 4.78 is 0. The molecule has 56 valence electrons. The van der Waals surface area contributed by atoms with Gasteiger partial charge in [-0.25, -0.2) is 0 Å². The first-order chi connectivity index (χ1) is 5.33. The van der Waals surface area contributed by atoms with Gasteiger partial charge in [0.2, 0.25) is 0 Å². The second kappa shape index (κ2) is 2.35. The highest BCUT2D eigenvalue weighted by molar-refractivity contribution is 7.78. The van der Waals surface area contributed by atoms with Crippen molar-refractivity contribution in [1.29, 1.82) is 0 Å². The van der Waals surface area contributed by atoms with Crippen LogP contribution in [0.5, 0.6) is 0 Å². The lowest BCUT2D eigenvalue weighted by Gasteiger charge is -2.07. The first-order valence-electron chi connectivity index (χ1n) is 3.75. The molecule has 1 nitrogen and oxygen atoms in total. The lowest BCUT2D eigenvalue weighted by molar-refractivity contribution is 0.900. The molecule has 0 aliphatic heterocycles. The van der Waals surface area contributed by atoms with Crippen molar-refractivity contribution in [3.8, 4) is 11.8 Å². The summed E-state index contributed by atoms with van der Waals surface area (Å²) in [5, 5.41) is 2.99. The quantitative estimate of drug-likeness (QED) is 0.488. The Balaban J connectivity index is 2.26. The van der Waals surface area contributed by atoms with Gasteiger partial charge < -0.3 is 5.32 Å². The molecule has 0 aromatic rings. The highest BCUT2D eigenvalue weighted by Gasteiger charge is 2.39. The molecule has 2 heteroatoms. The Kier molecular flexibility index (Phi) is 1.47. The van der Waals surface area contributed by atoms with Gasteiger partial charge in [-0.1, -0.05) is 18.1 Å². The average molecular weight is 163 g/mol. The Morgan fingerprint density at radius 3 is 3.27 bits per heavy atom. The van der Waals surface area contributed by atoms with E-state index in [0.717, 1.165) is 11.6 Å². The highest BCUT2D eigenvalue weighted by atomic mass is 32.1. The van der Waals surface area contributed by atoms with E-state index in [2.05, 4.69) is 24.1 Å². The number of thiocarbonyl (C=S) groups is 1. The van der Waals surface area contributed by atoms with Crippen molar-refractivity contribution in [3.63, 3.8) is 0 Å². The highest BCUT2D eigenvalue weighted by Crippen LogP contribution is 2.45. The Labute approximate surface area is 71.9 Å². The molecule has 11 heavy (non-hydrogen) atoms. The fourth-order valence-electron chi connectivity index (χ4n) is 1.49. The normalized spacial score (nSPS) is 31.7. The zero-order chi connectivity index (χ0) is 7.84. The third kappa shape index (κ3) is 1.06. The largest absolute Gasteiger partial charge is 0.346 e. The predicted molar refractivity (Wildman–Crippen MR) is 48.9 cm³/mol. The molecule has 1 saturated carbocycles. The minimum absolute atomic E-state index is 0.658. The van der Waals surface area contributed by atoms with Crippen LogP contribution in [0, 0.1) is 23.7 Å². The summed E-state index contributed by atoms with van der Waals surface area (Å²) in [6.45, 7) is 2.14. The van der Waals surface area contributed by atoms with Crippen molar-refractivity contribution in [2.75, 3.05) is 0 Å². The summed E-state index contributed by atoms with van der Waals surface area (Å²) in [6, 6.07) is 0. The molecule has 0 bridgehead atoms. The first-order valence-corrected chi connectivity index (χ1v) is 4.22. The molecule has 0 radical (unpaired) electrons. The fourth-order valence-corrected chi connectivity index (χ4v) is 1.61. The van der Waals surface area contributed by atoms with Gasteiger partial charge in [-0.2, -0.15) is 0 Å². The molecule has 2 atom stereocenters. The second-order valence-corrected chi connectivity index (χ2v) is 3.27. The maximum Gasteiger partial charge on any atom is 0.0891 e. The van der Waals surface area contributed by atoms with Gasteiger partial charge >= 0.3 is 0 Å². The molecule has 0 amide bonds. The average Bonchev–Trinajstić information content (AvgIpc) is 2.75. The maximum atomic E-state index is 4.70. The molecule has 0 heterocycles. The molecule has 2 unspecified atom stereocenters. The summed E-state index contributed by atoms with van der Waals surface area (Å²) in [5.41, 5.74) is 3.93. The van der Waals surface area contributed by atoms with E-state index in [4.69, 9.17) is 12.2 Å². The van der Waals surface area contributed by atoms with Gasteiger partial charge in [-0.3, -0.25) is 0 Å². The van der Waals surface area contributed by atoms with Crippen molar-refractivity contribution in [2.24, 2.45) is 11.8 Å². The van der Waals surface area contributed by atoms with Crippen LogP contribution in [0.3, 0.4) is 0 Å². The SMILES string of the molecule is CC1=C(NC=S)C#CC2CC12. The van der Waals surface area contributed by atoms with Crippen LogP contribution in [0.4, 0.5) is 0 Å².